The van der Waals surface area contributed by atoms with Gasteiger partial charge in [0.2, 0.25) is 0 Å². The molecule has 1 N–H and O–H groups in total. The summed E-state index contributed by atoms with van der Waals surface area (Å²) < 4.78 is 5.81. The number of nitrogens with zero attached hydrogens (tertiary/aromatic N) is 3. The Morgan fingerprint density at radius 3 is 2.74 bits per heavy atom. The van der Waals surface area contributed by atoms with Crippen LogP contribution >= 0.6 is 23.1 Å². The highest BCUT2D eigenvalue weighted by molar-refractivity contribution is 8.02. The lowest BCUT2D eigenvalue weighted by Crippen LogP contribution is -2.10. The second-order valence-corrected chi connectivity index (χ2v) is 6.81. The minimum atomic E-state index is -0.870. The normalized spacial score (nSPS) is 12.8. The maximum atomic E-state index is 10.8. The molecular formula is C11H13N3O3S2. The van der Waals surface area contributed by atoms with Crippen molar-refractivity contribution >= 4 is 29.1 Å². The number of hydrogen-bond acceptors (Lipinski definition) is 7. The fraction of sp³-hybridized carbons (Fsp3) is 0.455. The van der Waals surface area contributed by atoms with Crippen molar-refractivity contribution in [2.24, 2.45) is 0 Å². The second kappa shape index (κ2) is 5.70. The molecule has 2 aromatic heterocycles. The van der Waals surface area contributed by atoms with Gasteiger partial charge in [-0.25, -0.2) is 0 Å². The van der Waals surface area contributed by atoms with E-state index in [-0.39, 0.29) is 5.92 Å². The SMILES string of the molecule is CC(Sc1nnc(-c2cc(C(C)C)on2)s1)C(=O)O. The first-order valence-corrected chi connectivity index (χ1v) is 7.37. The van der Waals surface area contributed by atoms with Gasteiger partial charge in [-0.05, 0) is 6.92 Å². The lowest BCUT2D eigenvalue weighted by atomic mass is 10.1. The number of carboxylic acids is 1. The summed E-state index contributed by atoms with van der Waals surface area (Å²) in [5, 5.41) is 20.8. The predicted molar refractivity (Wildman–Crippen MR) is 72.4 cm³/mol. The number of aliphatic carboxylic acids is 1. The Labute approximate surface area is 118 Å². The van der Waals surface area contributed by atoms with Crippen LogP contribution in [-0.4, -0.2) is 31.7 Å². The molecule has 0 fully saturated rings. The van der Waals surface area contributed by atoms with Crippen molar-refractivity contribution in [1.82, 2.24) is 15.4 Å². The van der Waals surface area contributed by atoms with Crippen LogP contribution in [0.2, 0.25) is 0 Å². The fourth-order valence-electron chi connectivity index (χ4n) is 1.22. The largest absolute Gasteiger partial charge is 0.480 e. The Morgan fingerprint density at radius 1 is 1.42 bits per heavy atom. The van der Waals surface area contributed by atoms with Gasteiger partial charge < -0.3 is 9.63 Å². The van der Waals surface area contributed by atoms with Gasteiger partial charge in [0.1, 0.15) is 16.7 Å². The number of thioether (sulfide) groups is 1. The van der Waals surface area contributed by atoms with E-state index in [0.29, 0.717) is 15.0 Å². The first-order valence-electron chi connectivity index (χ1n) is 5.67. The van der Waals surface area contributed by atoms with E-state index in [4.69, 9.17) is 9.63 Å². The summed E-state index contributed by atoms with van der Waals surface area (Å²) in [4.78, 5) is 10.8. The van der Waals surface area contributed by atoms with Gasteiger partial charge in [0.05, 0.1) is 0 Å². The fourth-order valence-corrected chi connectivity index (χ4v) is 3.11. The molecule has 0 spiro atoms. The Bertz CT molecular complexity index is 579. The van der Waals surface area contributed by atoms with Crippen LogP contribution in [0.1, 0.15) is 32.4 Å². The highest BCUT2D eigenvalue weighted by atomic mass is 32.2. The Hall–Kier alpha value is -1.41. The van der Waals surface area contributed by atoms with E-state index in [1.54, 1.807) is 6.92 Å². The Balaban J connectivity index is 2.13. The molecule has 0 amide bonds. The zero-order valence-corrected chi connectivity index (χ0v) is 12.3. The van der Waals surface area contributed by atoms with Crippen LogP contribution < -0.4 is 0 Å². The van der Waals surface area contributed by atoms with Gasteiger partial charge in [0, 0.05) is 12.0 Å². The first-order chi connectivity index (χ1) is 8.97. The zero-order valence-electron chi connectivity index (χ0n) is 10.7. The summed E-state index contributed by atoms with van der Waals surface area (Å²) in [6.07, 6.45) is 0. The molecular weight excluding hydrogens is 286 g/mol. The molecule has 0 aromatic carbocycles. The van der Waals surface area contributed by atoms with Crippen LogP contribution in [0.25, 0.3) is 10.7 Å². The molecule has 8 heteroatoms. The zero-order chi connectivity index (χ0) is 14.0. The van der Waals surface area contributed by atoms with Gasteiger partial charge in [0.25, 0.3) is 0 Å². The lowest BCUT2D eigenvalue weighted by molar-refractivity contribution is -0.136. The molecule has 0 aliphatic rings. The third-order valence-electron chi connectivity index (χ3n) is 2.35. The molecule has 1 atom stereocenters. The molecule has 0 bridgehead atoms. The topological polar surface area (TPSA) is 89.1 Å². The summed E-state index contributed by atoms with van der Waals surface area (Å²) in [5.74, 6) is 0.179. The van der Waals surface area contributed by atoms with Gasteiger partial charge in [-0.15, -0.1) is 10.2 Å². The molecule has 6 nitrogen and oxygen atoms in total. The Morgan fingerprint density at radius 2 is 2.16 bits per heavy atom. The summed E-state index contributed by atoms with van der Waals surface area (Å²) in [6.45, 7) is 5.64. The van der Waals surface area contributed by atoms with Crippen LogP contribution in [0.4, 0.5) is 0 Å². The lowest BCUT2D eigenvalue weighted by Gasteiger charge is -1.99. The van der Waals surface area contributed by atoms with E-state index in [0.717, 1.165) is 5.76 Å². The van der Waals surface area contributed by atoms with E-state index in [2.05, 4.69) is 15.4 Å². The molecule has 1 unspecified atom stereocenters. The number of aromatic nitrogens is 3. The minimum Gasteiger partial charge on any atom is -0.480 e. The first kappa shape index (κ1) is 14.0. The summed E-state index contributed by atoms with van der Waals surface area (Å²) in [7, 11) is 0. The van der Waals surface area contributed by atoms with Crippen molar-refractivity contribution in [2.45, 2.75) is 36.3 Å². The van der Waals surface area contributed by atoms with Crippen molar-refractivity contribution < 1.29 is 14.4 Å². The van der Waals surface area contributed by atoms with Crippen molar-refractivity contribution in [3.63, 3.8) is 0 Å². The molecule has 0 saturated carbocycles. The van der Waals surface area contributed by atoms with Crippen molar-refractivity contribution in [1.29, 1.82) is 0 Å². The van der Waals surface area contributed by atoms with Crippen LogP contribution in [0, 0.1) is 0 Å². The molecule has 0 radical (unpaired) electrons. The molecule has 102 valence electrons. The number of carbonyl (C=O) groups is 1. The molecule has 0 aliphatic heterocycles. The van der Waals surface area contributed by atoms with Gasteiger partial charge in [-0.3, -0.25) is 4.79 Å². The van der Waals surface area contributed by atoms with E-state index >= 15 is 0 Å². The molecule has 0 saturated heterocycles. The highest BCUT2D eigenvalue weighted by Crippen LogP contribution is 2.32. The number of rotatable bonds is 5. The van der Waals surface area contributed by atoms with Crippen LogP contribution in [0.5, 0.6) is 0 Å². The van der Waals surface area contributed by atoms with Crippen molar-refractivity contribution in [2.75, 3.05) is 0 Å². The number of carboxylic acid groups (broad SMARTS) is 1. The summed E-state index contributed by atoms with van der Waals surface area (Å²) in [6, 6.07) is 1.83. The summed E-state index contributed by atoms with van der Waals surface area (Å²) >= 11 is 2.48. The van der Waals surface area contributed by atoms with Gasteiger partial charge in [-0.1, -0.05) is 42.1 Å². The average Bonchev–Trinajstić information content (AvgIpc) is 2.95. The highest BCUT2D eigenvalue weighted by Gasteiger charge is 2.18. The van der Waals surface area contributed by atoms with Gasteiger partial charge in [-0.2, -0.15) is 0 Å². The monoisotopic (exact) mass is 299 g/mol. The van der Waals surface area contributed by atoms with E-state index in [1.165, 1.54) is 23.1 Å². The second-order valence-electron chi connectivity index (χ2n) is 4.24. The van der Waals surface area contributed by atoms with Crippen molar-refractivity contribution in [3.05, 3.63) is 11.8 Å². The maximum absolute atomic E-state index is 10.8. The molecule has 2 rings (SSSR count). The minimum absolute atomic E-state index is 0.259. The molecule has 2 heterocycles. The number of hydrogen-bond donors (Lipinski definition) is 1. The smallest absolute Gasteiger partial charge is 0.316 e. The Kier molecular flexibility index (Phi) is 4.20. The van der Waals surface area contributed by atoms with Gasteiger partial charge >= 0.3 is 5.97 Å². The van der Waals surface area contributed by atoms with Gasteiger partial charge in [0.15, 0.2) is 9.35 Å². The molecule has 0 aliphatic carbocycles. The standard InChI is InChI=1S/C11H13N3O3S2/c1-5(2)8-4-7(14-17-8)9-12-13-11(19-9)18-6(3)10(15)16/h4-6H,1-3H3,(H,15,16). The maximum Gasteiger partial charge on any atom is 0.316 e. The quantitative estimate of drug-likeness (QED) is 0.849. The van der Waals surface area contributed by atoms with E-state index < -0.39 is 11.2 Å². The third-order valence-corrected chi connectivity index (χ3v) is 4.47. The van der Waals surface area contributed by atoms with Crippen LogP contribution in [-0.2, 0) is 4.79 Å². The van der Waals surface area contributed by atoms with Crippen molar-refractivity contribution in [3.8, 4) is 10.7 Å². The molecule has 2 aromatic rings. The van der Waals surface area contributed by atoms with E-state index in [9.17, 15) is 4.79 Å². The average molecular weight is 299 g/mol. The van der Waals surface area contributed by atoms with E-state index in [1.807, 2.05) is 19.9 Å². The molecule has 19 heavy (non-hydrogen) atoms. The predicted octanol–water partition coefficient (Wildman–Crippen LogP) is 2.88. The van der Waals surface area contributed by atoms with Crippen LogP contribution in [0.3, 0.4) is 0 Å². The van der Waals surface area contributed by atoms with Crippen LogP contribution in [0.15, 0.2) is 14.9 Å². The third kappa shape index (κ3) is 3.32. The summed E-state index contributed by atoms with van der Waals surface area (Å²) in [5.41, 5.74) is 0.635.